The van der Waals surface area contributed by atoms with Gasteiger partial charge in [0.2, 0.25) is 0 Å². The van der Waals surface area contributed by atoms with Gasteiger partial charge < -0.3 is 5.11 Å². The highest BCUT2D eigenvalue weighted by molar-refractivity contribution is 5.25. The highest BCUT2D eigenvalue weighted by atomic mass is 16.3. The van der Waals surface area contributed by atoms with Crippen molar-refractivity contribution in [3.63, 3.8) is 0 Å². The first-order valence-corrected chi connectivity index (χ1v) is 9.49. The van der Waals surface area contributed by atoms with Gasteiger partial charge in [0.1, 0.15) is 0 Å². The highest BCUT2D eigenvalue weighted by Gasteiger charge is 2.57. The van der Waals surface area contributed by atoms with Gasteiger partial charge >= 0.3 is 0 Å². The smallest absolute Gasteiger partial charge is 0.0577 e. The van der Waals surface area contributed by atoms with Crippen LogP contribution in [0.1, 0.15) is 65.2 Å². The largest absolute Gasteiger partial charge is 0.393 e. The fraction of sp³-hybridized carbons (Fsp3) is 0.810. The number of fused-ring (bicyclic) bond motifs is 5. The molecule has 0 radical (unpaired) electrons. The minimum Gasteiger partial charge on any atom is -0.393 e. The maximum atomic E-state index is 10.1. The zero-order valence-electron chi connectivity index (χ0n) is 14.4. The first kappa shape index (κ1) is 15.0. The molecule has 3 fully saturated rings. The summed E-state index contributed by atoms with van der Waals surface area (Å²) < 4.78 is 0. The molecule has 1 nitrogen and oxygen atoms in total. The maximum Gasteiger partial charge on any atom is 0.0577 e. The van der Waals surface area contributed by atoms with Crippen LogP contribution >= 0.6 is 0 Å². The molecule has 1 heteroatoms. The Hall–Kier alpha value is -0.560. The van der Waals surface area contributed by atoms with Crippen LogP contribution in [0.15, 0.2) is 24.3 Å². The van der Waals surface area contributed by atoms with Gasteiger partial charge in [0, 0.05) is 0 Å². The van der Waals surface area contributed by atoms with E-state index in [1.165, 1.54) is 38.5 Å². The van der Waals surface area contributed by atoms with Crippen molar-refractivity contribution < 1.29 is 5.11 Å². The number of allylic oxidation sites excluding steroid dienone is 2. The summed E-state index contributed by atoms with van der Waals surface area (Å²) in [5, 5.41) is 10.1. The van der Waals surface area contributed by atoms with Gasteiger partial charge in [-0.25, -0.2) is 0 Å². The molecule has 0 aromatic heterocycles. The van der Waals surface area contributed by atoms with E-state index in [9.17, 15) is 5.11 Å². The second kappa shape index (κ2) is 4.97. The van der Waals surface area contributed by atoms with Crippen molar-refractivity contribution in [1.29, 1.82) is 0 Å². The van der Waals surface area contributed by atoms with Gasteiger partial charge in [0.25, 0.3) is 0 Å². The lowest BCUT2D eigenvalue weighted by Gasteiger charge is -2.58. The Kier molecular flexibility index (Phi) is 3.39. The van der Waals surface area contributed by atoms with Crippen molar-refractivity contribution in [2.24, 2.45) is 34.5 Å². The summed E-state index contributed by atoms with van der Waals surface area (Å²) in [6.07, 6.45) is 14.7. The van der Waals surface area contributed by atoms with E-state index in [0.717, 1.165) is 36.5 Å². The Morgan fingerprint density at radius 3 is 2.73 bits per heavy atom. The van der Waals surface area contributed by atoms with E-state index in [2.05, 4.69) is 32.6 Å². The SMILES string of the molecule is C=C[C@H]1CC[C@H]2[C@@H]3CC=C4CC(O)CC[C@]4(C)[C@H]3CC[C@]12C. The third-order valence-corrected chi connectivity index (χ3v) is 8.44. The molecule has 0 aromatic rings. The first-order valence-electron chi connectivity index (χ1n) is 9.49. The van der Waals surface area contributed by atoms with Gasteiger partial charge in [-0.05, 0) is 85.9 Å². The summed E-state index contributed by atoms with van der Waals surface area (Å²) in [5.74, 6) is 3.38. The van der Waals surface area contributed by atoms with E-state index in [-0.39, 0.29) is 6.10 Å². The Morgan fingerprint density at radius 2 is 1.95 bits per heavy atom. The third kappa shape index (κ3) is 1.87. The standard InChI is InChI=1S/C21H32O/c1-4-14-6-8-18-17-7-5-15-13-16(22)9-11-21(15,3)19(17)10-12-20(14,18)2/h4-5,14,16-19,22H,1,6-13H2,2-3H3/t14-,16?,17-,18-,19-,20+,21-/m0/s1. The van der Waals surface area contributed by atoms with E-state index in [0.29, 0.717) is 10.8 Å². The summed E-state index contributed by atoms with van der Waals surface area (Å²) >= 11 is 0. The lowest BCUT2D eigenvalue weighted by atomic mass is 9.47. The number of hydrogen-bond acceptors (Lipinski definition) is 1. The molecule has 0 saturated heterocycles. The van der Waals surface area contributed by atoms with Crippen molar-refractivity contribution >= 4 is 0 Å². The average molecular weight is 300 g/mol. The van der Waals surface area contributed by atoms with Crippen LogP contribution in [-0.4, -0.2) is 11.2 Å². The molecule has 0 heterocycles. The van der Waals surface area contributed by atoms with Crippen LogP contribution in [0.2, 0.25) is 0 Å². The molecule has 0 aromatic carbocycles. The van der Waals surface area contributed by atoms with Crippen molar-refractivity contribution in [3.8, 4) is 0 Å². The lowest BCUT2D eigenvalue weighted by molar-refractivity contribution is -0.0442. The van der Waals surface area contributed by atoms with E-state index >= 15 is 0 Å². The van der Waals surface area contributed by atoms with Crippen LogP contribution in [-0.2, 0) is 0 Å². The molecule has 22 heavy (non-hydrogen) atoms. The van der Waals surface area contributed by atoms with Crippen LogP contribution in [0, 0.1) is 34.5 Å². The molecule has 0 amide bonds. The van der Waals surface area contributed by atoms with Crippen LogP contribution in [0.4, 0.5) is 0 Å². The minimum absolute atomic E-state index is 0.0821. The molecule has 1 unspecified atom stereocenters. The van der Waals surface area contributed by atoms with Gasteiger partial charge in [-0.2, -0.15) is 0 Å². The molecule has 0 bridgehead atoms. The van der Waals surface area contributed by atoms with Crippen LogP contribution < -0.4 is 0 Å². The molecule has 4 rings (SSSR count). The maximum absolute atomic E-state index is 10.1. The molecule has 4 aliphatic rings. The summed E-state index contributed by atoms with van der Waals surface area (Å²) in [6, 6.07) is 0. The molecule has 0 aliphatic heterocycles. The quantitative estimate of drug-likeness (QED) is 0.667. The van der Waals surface area contributed by atoms with Gasteiger partial charge in [0.15, 0.2) is 0 Å². The number of hydrogen-bond donors (Lipinski definition) is 1. The number of aliphatic hydroxyl groups excluding tert-OH is 1. The molecule has 122 valence electrons. The monoisotopic (exact) mass is 300 g/mol. The third-order valence-electron chi connectivity index (χ3n) is 8.44. The average Bonchev–Trinajstić information content (AvgIpc) is 2.84. The predicted molar refractivity (Wildman–Crippen MR) is 91.4 cm³/mol. The van der Waals surface area contributed by atoms with Crippen molar-refractivity contribution in [3.05, 3.63) is 24.3 Å². The first-order chi connectivity index (χ1) is 10.5. The van der Waals surface area contributed by atoms with Crippen LogP contribution in [0.5, 0.6) is 0 Å². The second-order valence-electron chi connectivity index (χ2n) is 9.12. The molecule has 0 spiro atoms. The van der Waals surface area contributed by atoms with E-state index in [4.69, 9.17) is 0 Å². The molecule has 4 aliphatic carbocycles. The van der Waals surface area contributed by atoms with Crippen molar-refractivity contribution in [2.45, 2.75) is 71.3 Å². The number of aliphatic hydroxyl groups is 1. The highest BCUT2D eigenvalue weighted by Crippen LogP contribution is 2.66. The van der Waals surface area contributed by atoms with Crippen molar-refractivity contribution in [2.75, 3.05) is 0 Å². The fourth-order valence-electron chi connectivity index (χ4n) is 7.07. The minimum atomic E-state index is -0.0821. The van der Waals surface area contributed by atoms with E-state index in [1.807, 2.05) is 0 Å². The van der Waals surface area contributed by atoms with E-state index in [1.54, 1.807) is 5.57 Å². The van der Waals surface area contributed by atoms with Gasteiger partial charge in [-0.3, -0.25) is 0 Å². The Bertz CT molecular complexity index is 506. The number of rotatable bonds is 1. The van der Waals surface area contributed by atoms with Crippen molar-refractivity contribution in [1.82, 2.24) is 0 Å². The normalized spacial score (nSPS) is 54.0. The zero-order chi connectivity index (χ0) is 15.5. The summed E-state index contributed by atoms with van der Waals surface area (Å²) in [6.45, 7) is 9.20. The van der Waals surface area contributed by atoms with Gasteiger partial charge in [0.05, 0.1) is 6.10 Å². The van der Waals surface area contributed by atoms with Crippen LogP contribution in [0.25, 0.3) is 0 Å². The van der Waals surface area contributed by atoms with Gasteiger partial charge in [-0.15, -0.1) is 6.58 Å². The fourth-order valence-corrected chi connectivity index (χ4v) is 7.07. The molecule has 7 atom stereocenters. The molecule has 1 N–H and O–H groups in total. The Labute approximate surface area is 135 Å². The topological polar surface area (TPSA) is 20.2 Å². The molecular weight excluding hydrogens is 268 g/mol. The second-order valence-corrected chi connectivity index (χ2v) is 9.12. The Morgan fingerprint density at radius 1 is 1.14 bits per heavy atom. The van der Waals surface area contributed by atoms with E-state index < -0.39 is 0 Å². The summed E-state index contributed by atoms with van der Waals surface area (Å²) in [7, 11) is 0. The predicted octanol–water partition coefficient (Wildman–Crippen LogP) is 5.11. The van der Waals surface area contributed by atoms with Gasteiger partial charge in [-0.1, -0.05) is 31.6 Å². The zero-order valence-corrected chi connectivity index (χ0v) is 14.4. The summed E-state index contributed by atoms with van der Waals surface area (Å²) in [4.78, 5) is 0. The molecular formula is C21H32O. The molecule has 3 saturated carbocycles. The van der Waals surface area contributed by atoms with Crippen LogP contribution in [0.3, 0.4) is 0 Å². The lowest BCUT2D eigenvalue weighted by Crippen LogP contribution is -2.50. The summed E-state index contributed by atoms with van der Waals surface area (Å²) in [5.41, 5.74) is 2.49. The Balaban J connectivity index is 1.67.